The van der Waals surface area contributed by atoms with Gasteiger partial charge >= 0.3 is 0 Å². The van der Waals surface area contributed by atoms with Gasteiger partial charge in [-0.05, 0) is 55.0 Å². The van der Waals surface area contributed by atoms with Gasteiger partial charge in [-0.2, -0.15) is 11.3 Å². The second-order valence-electron chi connectivity index (χ2n) is 4.38. The molecule has 1 aliphatic carbocycles. The van der Waals surface area contributed by atoms with Crippen LogP contribution in [0.25, 0.3) is 0 Å². The molecule has 15 heavy (non-hydrogen) atoms. The molecule has 0 aliphatic heterocycles. The monoisotopic (exact) mass is 221 g/mol. The Kier molecular flexibility index (Phi) is 3.98. The summed E-state index contributed by atoms with van der Waals surface area (Å²) in [5.41, 5.74) is 1.46. The zero-order valence-electron chi connectivity index (χ0n) is 9.28. The summed E-state index contributed by atoms with van der Waals surface area (Å²) in [6.07, 6.45) is 9.49. The van der Waals surface area contributed by atoms with Crippen molar-refractivity contribution in [3.05, 3.63) is 34.5 Å². The van der Waals surface area contributed by atoms with Gasteiger partial charge in [0.2, 0.25) is 0 Å². The molecule has 2 rings (SSSR count). The molecule has 82 valence electrons. The van der Waals surface area contributed by atoms with Gasteiger partial charge < -0.3 is 5.32 Å². The summed E-state index contributed by atoms with van der Waals surface area (Å²) in [7, 11) is 0. The summed E-state index contributed by atoms with van der Waals surface area (Å²) < 4.78 is 0. The first-order chi connectivity index (χ1) is 7.34. The second kappa shape index (κ2) is 5.47. The molecule has 1 nitrogen and oxygen atoms in total. The number of hydrogen-bond acceptors (Lipinski definition) is 2. The maximum atomic E-state index is 3.71. The Hall–Kier alpha value is -0.600. The van der Waals surface area contributed by atoms with E-state index in [9.17, 15) is 0 Å². The number of hydrogen-bond donors (Lipinski definition) is 1. The molecule has 0 fully saturated rings. The highest BCUT2D eigenvalue weighted by Gasteiger charge is 2.12. The molecule has 0 saturated carbocycles. The van der Waals surface area contributed by atoms with E-state index in [0.717, 1.165) is 6.42 Å². The average molecular weight is 221 g/mol. The second-order valence-corrected chi connectivity index (χ2v) is 5.16. The zero-order chi connectivity index (χ0) is 10.5. The third-order valence-corrected chi connectivity index (χ3v) is 3.64. The number of rotatable bonds is 4. The van der Waals surface area contributed by atoms with Gasteiger partial charge in [-0.3, -0.25) is 0 Å². The molecule has 0 spiro atoms. The van der Waals surface area contributed by atoms with Crippen LogP contribution in [0.1, 0.15) is 31.7 Å². The van der Waals surface area contributed by atoms with Crippen molar-refractivity contribution >= 4 is 11.3 Å². The van der Waals surface area contributed by atoms with Crippen LogP contribution < -0.4 is 5.32 Å². The first-order valence-corrected chi connectivity index (χ1v) is 6.71. The fourth-order valence-corrected chi connectivity index (χ4v) is 2.85. The third kappa shape index (κ3) is 3.47. The molecule has 0 aromatic carbocycles. The number of thiophene rings is 1. The largest absolute Gasteiger partial charge is 0.311 e. The van der Waals surface area contributed by atoms with Crippen molar-refractivity contribution in [2.24, 2.45) is 0 Å². The lowest BCUT2D eigenvalue weighted by atomic mass is 10.00. The summed E-state index contributed by atoms with van der Waals surface area (Å²) in [4.78, 5) is 0. The van der Waals surface area contributed by atoms with Crippen LogP contribution >= 0.6 is 11.3 Å². The predicted molar refractivity (Wildman–Crippen MR) is 67.4 cm³/mol. The highest BCUT2D eigenvalue weighted by atomic mass is 32.1. The van der Waals surface area contributed by atoms with Crippen LogP contribution in [-0.4, -0.2) is 12.1 Å². The van der Waals surface area contributed by atoms with E-state index in [2.05, 4.69) is 41.2 Å². The van der Waals surface area contributed by atoms with Crippen LogP contribution in [0, 0.1) is 0 Å². The summed E-state index contributed by atoms with van der Waals surface area (Å²) >= 11 is 1.79. The maximum Gasteiger partial charge on any atom is 0.0107 e. The molecule has 0 bridgehead atoms. The number of allylic oxidation sites excluding steroid dienone is 1. The molecule has 0 saturated heterocycles. The fraction of sp³-hybridized carbons (Fsp3) is 0.538. The average Bonchev–Trinajstić information content (AvgIpc) is 2.71. The van der Waals surface area contributed by atoms with E-state index in [1.807, 2.05) is 0 Å². The van der Waals surface area contributed by atoms with E-state index in [1.54, 1.807) is 11.3 Å². The van der Waals surface area contributed by atoms with Gasteiger partial charge in [0.25, 0.3) is 0 Å². The van der Waals surface area contributed by atoms with Gasteiger partial charge in [-0.1, -0.05) is 12.2 Å². The normalized spacial score (nSPS) is 22.9. The Morgan fingerprint density at radius 1 is 1.53 bits per heavy atom. The van der Waals surface area contributed by atoms with Gasteiger partial charge in [0.1, 0.15) is 0 Å². The van der Waals surface area contributed by atoms with Gasteiger partial charge in [0.15, 0.2) is 0 Å². The Labute approximate surface area is 96.2 Å². The standard InChI is InChI=1S/C13H19NS/c1-11(9-12-7-8-15-10-12)14-13-5-3-2-4-6-13/h2-3,7-8,10-11,13-14H,4-6,9H2,1H3. The van der Waals surface area contributed by atoms with Crippen LogP contribution in [0.3, 0.4) is 0 Å². The molecule has 1 N–H and O–H groups in total. The molecule has 1 aliphatic rings. The highest BCUT2D eigenvalue weighted by Crippen LogP contribution is 2.13. The topological polar surface area (TPSA) is 12.0 Å². The number of nitrogens with one attached hydrogen (secondary N) is 1. The first-order valence-electron chi connectivity index (χ1n) is 5.76. The summed E-state index contributed by atoms with van der Waals surface area (Å²) in [5.74, 6) is 0. The molecule has 2 atom stereocenters. The van der Waals surface area contributed by atoms with Gasteiger partial charge in [0, 0.05) is 12.1 Å². The van der Waals surface area contributed by atoms with E-state index in [0.29, 0.717) is 12.1 Å². The minimum atomic E-state index is 0.594. The minimum Gasteiger partial charge on any atom is -0.311 e. The fourth-order valence-electron chi connectivity index (χ4n) is 2.17. The van der Waals surface area contributed by atoms with Crippen LogP contribution in [0.4, 0.5) is 0 Å². The van der Waals surface area contributed by atoms with Crippen molar-refractivity contribution in [2.45, 2.75) is 44.7 Å². The van der Waals surface area contributed by atoms with Crippen LogP contribution in [-0.2, 0) is 6.42 Å². The highest BCUT2D eigenvalue weighted by molar-refractivity contribution is 7.07. The third-order valence-electron chi connectivity index (χ3n) is 2.91. The molecule has 2 heteroatoms. The Balaban J connectivity index is 1.76. The maximum absolute atomic E-state index is 3.71. The van der Waals surface area contributed by atoms with E-state index < -0.39 is 0 Å². The zero-order valence-corrected chi connectivity index (χ0v) is 10.1. The molecule has 0 radical (unpaired) electrons. The van der Waals surface area contributed by atoms with Crippen molar-refractivity contribution in [1.82, 2.24) is 5.32 Å². The Bertz CT molecular complexity index is 302. The molecular formula is C13H19NS. The van der Waals surface area contributed by atoms with E-state index in [1.165, 1.54) is 24.8 Å². The van der Waals surface area contributed by atoms with Crippen molar-refractivity contribution in [2.75, 3.05) is 0 Å². The lowest BCUT2D eigenvalue weighted by Gasteiger charge is -2.23. The van der Waals surface area contributed by atoms with Gasteiger partial charge in [-0.25, -0.2) is 0 Å². The lowest BCUT2D eigenvalue weighted by molar-refractivity contribution is 0.417. The van der Waals surface area contributed by atoms with Gasteiger partial charge in [-0.15, -0.1) is 0 Å². The first kappa shape index (κ1) is 10.9. The van der Waals surface area contributed by atoms with Crippen molar-refractivity contribution in [3.8, 4) is 0 Å². The molecular weight excluding hydrogens is 202 g/mol. The predicted octanol–water partition coefficient (Wildman–Crippen LogP) is 3.38. The van der Waals surface area contributed by atoms with Crippen LogP contribution in [0.2, 0.25) is 0 Å². The Morgan fingerprint density at radius 3 is 3.13 bits per heavy atom. The van der Waals surface area contributed by atoms with Crippen molar-refractivity contribution < 1.29 is 0 Å². The summed E-state index contributed by atoms with van der Waals surface area (Å²) in [6.45, 7) is 2.29. The molecule has 2 unspecified atom stereocenters. The van der Waals surface area contributed by atoms with Crippen LogP contribution in [0.15, 0.2) is 29.0 Å². The van der Waals surface area contributed by atoms with Crippen molar-refractivity contribution in [1.29, 1.82) is 0 Å². The minimum absolute atomic E-state index is 0.594. The lowest BCUT2D eigenvalue weighted by Crippen LogP contribution is -2.38. The molecule has 1 heterocycles. The van der Waals surface area contributed by atoms with Gasteiger partial charge in [0.05, 0.1) is 0 Å². The molecule has 1 aromatic heterocycles. The van der Waals surface area contributed by atoms with E-state index in [4.69, 9.17) is 0 Å². The van der Waals surface area contributed by atoms with Crippen LogP contribution in [0.5, 0.6) is 0 Å². The summed E-state index contributed by atoms with van der Waals surface area (Å²) in [6, 6.07) is 3.52. The van der Waals surface area contributed by atoms with E-state index >= 15 is 0 Å². The molecule has 1 aromatic rings. The summed E-state index contributed by atoms with van der Waals surface area (Å²) in [5, 5.41) is 8.12. The smallest absolute Gasteiger partial charge is 0.0107 e. The van der Waals surface area contributed by atoms with Crippen molar-refractivity contribution in [3.63, 3.8) is 0 Å². The Morgan fingerprint density at radius 2 is 2.47 bits per heavy atom. The van der Waals surface area contributed by atoms with E-state index in [-0.39, 0.29) is 0 Å². The molecule has 0 amide bonds. The SMILES string of the molecule is CC(Cc1ccsc1)NC1CC=CCC1. The quantitative estimate of drug-likeness (QED) is 0.769.